The number of rotatable bonds is 6. The van der Waals surface area contributed by atoms with E-state index in [9.17, 15) is 24.2 Å². The van der Waals surface area contributed by atoms with Crippen molar-refractivity contribution >= 4 is 28.5 Å². The van der Waals surface area contributed by atoms with Crippen LogP contribution in [0.15, 0.2) is 47.4 Å². The first-order valence-corrected chi connectivity index (χ1v) is 9.64. The number of pyridine rings is 1. The summed E-state index contributed by atoms with van der Waals surface area (Å²) in [6.07, 6.45) is 2.03. The molecule has 0 aliphatic heterocycles. The highest BCUT2D eigenvalue weighted by molar-refractivity contribution is 6.30. The van der Waals surface area contributed by atoms with Gasteiger partial charge in [-0.25, -0.2) is 9.18 Å². The molecule has 0 amide bonds. The third-order valence-electron chi connectivity index (χ3n) is 4.83. The molecule has 3 aromatic rings. The van der Waals surface area contributed by atoms with E-state index in [0.29, 0.717) is 23.1 Å². The van der Waals surface area contributed by atoms with Gasteiger partial charge >= 0.3 is 5.97 Å². The minimum absolute atomic E-state index is 0.0162. The highest BCUT2D eigenvalue weighted by Crippen LogP contribution is 2.24. The van der Waals surface area contributed by atoms with Gasteiger partial charge in [0.15, 0.2) is 0 Å². The maximum absolute atomic E-state index is 14.2. The molecule has 1 heterocycles. The van der Waals surface area contributed by atoms with Gasteiger partial charge < -0.3 is 19.9 Å². The Morgan fingerprint density at radius 2 is 1.93 bits per heavy atom. The van der Waals surface area contributed by atoms with Crippen LogP contribution in [0.1, 0.15) is 40.9 Å². The molecule has 3 N–H and O–H groups in total. The van der Waals surface area contributed by atoms with Crippen LogP contribution in [-0.2, 0) is 6.42 Å². The second-order valence-electron chi connectivity index (χ2n) is 6.57. The van der Waals surface area contributed by atoms with Crippen LogP contribution in [0.5, 0.6) is 0 Å². The van der Waals surface area contributed by atoms with Gasteiger partial charge in [0.1, 0.15) is 11.4 Å². The number of aliphatic hydroxyl groups excluding tert-OH is 2. The van der Waals surface area contributed by atoms with Crippen LogP contribution >= 0.6 is 11.6 Å². The Labute approximate surface area is 177 Å². The number of benzene rings is 2. The van der Waals surface area contributed by atoms with Crippen molar-refractivity contribution in [3.63, 3.8) is 0 Å². The second-order valence-corrected chi connectivity index (χ2v) is 6.98. The predicted molar refractivity (Wildman–Crippen MR) is 114 cm³/mol. The molecule has 0 unspecified atom stereocenters. The molecule has 0 radical (unpaired) electrons. The number of hydrogen-bond acceptors (Lipinski definition) is 4. The molecule has 0 saturated carbocycles. The van der Waals surface area contributed by atoms with Gasteiger partial charge in [0.25, 0.3) is 0 Å². The average molecular weight is 436 g/mol. The SMILES string of the molecule is CC[C@@H](CO)n1cc(C(=O)O)c(=O)c2cc(Cc3cccc(Cl)c3F)ccc21.CO. The first-order valence-electron chi connectivity index (χ1n) is 9.26. The molecule has 0 aliphatic carbocycles. The molecule has 0 aliphatic rings. The molecule has 30 heavy (non-hydrogen) atoms. The zero-order chi connectivity index (χ0) is 22.4. The van der Waals surface area contributed by atoms with Gasteiger partial charge in [-0.3, -0.25) is 4.79 Å². The topological polar surface area (TPSA) is 99.8 Å². The first-order chi connectivity index (χ1) is 14.4. The van der Waals surface area contributed by atoms with Gasteiger partial charge in [0.05, 0.1) is 23.2 Å². The van der Waals surface area contributed by atoms with Crippen molar-refractivity contribution < 1.29 is 24.5 Å². The van der Waals surface area contributed by atoms with E-state index < -0.39 is 17.2 Å². The van der Waals surface area contributed by atoms with Gasteiger partial charge in [-0.05, 0) is 35.7 Å². The smallest absolute Gasteiger partial charge is 0.341 e. The molecule has 0 fully saturated rings. The fourth-order valence-corrected chi connectivity index (χ4v) is 3.48. The van der Waals surface area contributed by atoms with Crippen molar-refractivity contribution in [2.75, 3.05) is 13.7 Å². The third kappa shape index (κ3) is 4.70. The van der Waals surface area contributed by atoms with Crippen molar-refractivity contribution in [3.05, 3.63) is 80.3 Å². The minimum Gasteiger partial charge on any atom is -0.477 e. The maximum atomic E-state index is 14.2. The van der Waals surface area contributed by atoms with Crippen LogP contribution in [0.2, 0.25) is 5.02 Å². The lowest BCUT2D eigenvalue weighted by atomic mass is 10.0. The Hall–Kier alpha value is -2.74. The van der Waals surface area contributed by atoms with E-state index in [0.717, 1.165) is 7.11 Å². The van der Waals surface area contributed by atoms with Crippen LogP contribution in [-0.4, -0.2) is 39.6 Å². The number of hydrogen-bond donors (Lipinski definition) is 3. The lowest BCUT2D eigenvalue weighted by Gasteiger charge is -2.20. The van der Waals surface area contributed by atoms with E-state index in [1.54, 1.807) is 34.9 Å². The van der Waals surface area contributed by atoms with Crippen LogP contribution in [0, 0.1) is 5.82 Å². The number of halogens is 2. The number of carboxylic acids is 1. The Morgan fingerprint density at radius 3 is 2.53 bits per heavy atom. The molecule has 6 nitrogen and oxygen atoms in total. The van der Waals surface area contributed by atoms with Crippen molar-refractivity contribution in [1.29, 1.82) is 0 Å². The van der Waals surface area contributed by atoms with E-state index >= 15 is 0 Å². The van der Waals surface area contributed by atoms with Crippen LogP contribution < -0.4 is 5.43 Å². The normalized spacial score (nSPS) is 11.7. The van der Waals surface area contributed by atoms with Gasteiger partial charge in [0.2, 0.25) is 5.43 Å². The molecule has 0 saturated heterocycles. The first kappa shape index (κ1) is 23.5. The van der Waals surface area contributed by atoms with E-state index in [1.165, 1.54) is 12.3 Å². The number of carboxylic acid groups (broad SMARTS) is 1. The molecule has 8 heteroatoms. The van der Waals surface area contributed by atoms with E-state index in [-0.39, 0.29) is 35.0 Å². The quantitative estimate of drug-likeness (QED) is 0.549. The standard InChI is InChI=1S/C21H19ClFNO4.CH4O/c1-2-14(11-25)24-10-16(21(27)28)20(26)15-9-12(6-7-18(15)24)8-13-4-3-5-17(22)19(13)23;1-2/h3-7,9-10,14,25H,2,8,11H2,1H3,(H,27,28);2H,1H3/t14-;/m0./s1. The summed E-state index contributed by atoms with van der Waals surface area (Å²) in [5, 5.41) is 26.3. The summed E-state index contributed by atoms with van der Waals surface area (Å²) >= 11 is 5.83. The van der Waals surface area contributed by atoms with Gasteiger partial charge in [-0.1, -0.05) is 36.7 Å². The molecular weight excluding hydrogens is 413 g/mol. The summed E-state index contributed by atoms with van der Waals surface area (Å²) in [7, 11) is 1.00. The minimum atomic E-state index is -1.33. The lowest BCUT2D eigenvalue weighted by molar-refractivity contribution is 0.0694. The Kier molecular flexibility index (Phi) is 8.11. The number of aromatic carboxylic acids is 1. The largest absolute Gasteiger partial charge is 0.477 e. The molecule has 1 atom stereocenters. The second kappa shape index (κ2) is 10.3. The Balaban J connectivity index is 0.00000155. The van der Waals surface area contributed by atoms with Crippen molar-refractivity contribution in [3.8, 4) is 0 Å². The summed E-state index contributed by atoms with van der Waals surface area (Å²) in [6.45, 7) is 1.67. The molecular formula is C22H23ClFNO5. The fourth-order valence-electron chi connectivity index (χ4n) is 3.29. The highest BCUT2D eigenvalue weighted by atomic mass is 35.5. The lowest BCUT2D eigenvalue weighted by Crippen LogP contribution is -2.22. The number of fused-ring (bicyclic) bond motifs is 1. The molecule has 2 aromatic carbocycles. The predicted octanol–water partition coefficient (Wildman–Crippen LogP) is 3.63. The summed E-state index contributed by atoms with van der Waals surface area (Å²) < 4.78 is 15.8. The monoisotopic (exact) mass is 435 g/mol. The van der Waals surface area contributed by atoms with Crippen molar-refractivity contribution in [2.24, 2.45) is 0 Å². The number of aromatic nitrogens is 1. The van der Waals surface area contributed by atoms with Crippen molar-refractivity contribution in [1.82, 2.24) is 4.57 Å². The maximum Gasteiger partial charge on any atom is 0.341 e. The van der Waals surface area contributed by atoms with Crippen LogP contribution in [0.3, 0.4) is 0 Å². The summed E-state index contributed by atoms with van der Waals surface area (Å²) in [4.78, 5) is 24.2. The average Bonchev–Trinajstić information content (AvgIpc) is 2.75. The third-order valence-corrected chi connectivity index (χ3v) is 5.12. The molecule has 1 aromatic heterocycles. The molecule has 0 spiro atoms. The van der Waals surface area contributed by atoms with Crippen molar-refractivity contribution in [2.45, 2.75) is 25.8 Å². The Morgan fingerprint density at radius 1 is 1.23 bits per heavy atom. The zero-order valence-corrected chi connectivity index (χ0v) is 17.4. The number of nitrogens with zero attached hydrogens (tertiary/aromatic N) is 1. The summed E-state index contributed by atoms with van der Waals surface area (Å²) in [5.41, 5.74) is 0.567. The van der Waals surface area contributed by atoms with Gasteiger partial charge in [-0.2, -0.15) is 0 Å². The molecule has 160 valence electrons. The van der Waals surface area contributed by atoms with Gasteiger partial charge in [-0.15, -0.1) is 0 Å². The van der Waals surface area contributed by atoms with E-state index in [4.69, 9.17) is 16.7 Å². The number of aliphatic hydroxyl groups is 2. The van der Waals surface area contributed by atoms with E-state index in [2.05, 4.69) is 0 Å². The van der Waals surface area contributed by atoms with Gasteiger partial charge in [0, 0.05) is 25.1 Å². The summed E-state index contributed by atoms with van der Waals surface area (Å²) in [6, 6.07) is 9.36. The molecule has 0 bridgehead atoms. The highest BCUT2D eigenvalue weighted by Gasteiger charge is 2.19. The zero-order valence-electron chi connectivity index (χ0n) is 16.6. The number of carbonyl (C=O) groups is 1. The van der Waals surface area contributed by atoms with Crippen LogP contribution in [0.4, 0.5) is 4.39 Å². The van der Waals surface area contributed by atoms with E-state index in [1.807, 2.05) is 6.92 Å². The Bertz CT molecular complexity index is 1110. The van der Waals surface area contributed by atoms with Crippen LogP contribution in [0.25, 0.3) is 10.9 Å². The fraction of sp³-hybridized carbons (Fsp3) is 0.273. The summed E-state index contributed by atoms with van der Waals surface area (Å²) in [5.74, 6) is -1.85. The molecule has 3 rings (SSSR count).